The number of hydrogen-bond acceptors (Lipinski definition) is 19. The van der Waals surface area contributed by atoms with Gasteiger partial charge in [0.25, 0.3) is 11.8 Å². The molecule has 69 heavy (non-hydrogen) atoms. The van der Waals surface area contributed by atoms with Gasteiger partial charge in [-0.15, -0.1) is 5.06 Å². The van der Waals surface area contributed by atoms with Gasteiger partial charge in [0.2, 0.25) is 5.69 Å². The van der Waals surface area contributed by atoms with Crippen LogP contribution in [0.1, 0.15) is 63.5 Å². The minimum atomic E-state index is -4.90. The maximum absolute atomic E-state index is 12.4. The molecule has 2 amide bonds. The van der Waals surface area contributed by atoms with Crippen LogP contribution in [-0.2, 0) is 84.1 Å². The van der Waals surface area contributed by atoms with Crippen molar-refractivity contribution in [3.05, 3.63) is 83.6 Å². The molecule has 0 radical (unpaired) electrons. The molecule has 2 aromatic carbocycles. The zero-order valence-electron chi connectivity index (χ0n) is 38.8. The standard InChI is InChI=1S/C45H59N3O18S3/c1-44(18-8-30-67(52,53)54)35-31-33(68(55,56)57)11-13-37(35)46(21-25-64-28-29-65-27-26-62-4)39(44)9-6-5-7-10-40-45(2,19-23-61-3)36-32-34(69(58,59)60)12-14-38(36)47(40)20-24-63-22-17-43(51)66-48-41(49)15-16-42(48)50/h5-7,9-14,31-32H,8,15-30H2,1-4H3,(H2-,52,53,54,55,56,57,58,59,60)/p-2. The lowest BCUT2D eigenvalue weighted by Gasteiger charge is -2.30. The summed E-state index contributed by atoms with van der Waals surface area (Å²) in [5.41, 5.74) is 1.31. The van der Waals surface area contributed by atoms with Crippen molar-refractivity contribution in [1.82, 2.24) is 5.06 Å². The van der Waals surface area contributed by atoms with Crippen molar-refractivity contribution in [2.24, 2.45) is 0 Å². The van der Waals surface area contributed by atoms with Gasteiger partial charge >= 0.3 is 5.97 Å². The molecular formula is C45H57N3O18S3-2. The molecule has 3 aliphatic heterocycles. The average molecular weight is 1020 g/mol. The topological polar surface area (TPSA) is 288 Å². The Labute approximate surface area is 402 Å². The van der Waals surface area contributed by atoms with Gasteiger partial charge in [0, 0.05) is 80.5 Å². The predicted molar refractivity (Wildman–Crippen MR) is 243 cm³/mol. The normalized spacial score (nSPS) is 20.4. The molecule has 380 valence electrons. The van der Waals surface area contributed by atoms with Crippen LogP contribution in [-0.4, -0.2) is 158 Å². The van der Waals surface area contributed by atoms with E-state index in [-0.39, 0.29) is 78.2 Å². The van der Waals surface area contributed by atoms with Crippen LogP contribution in [0.15, 0.2) is 82.3 Å². The largest absolute Gasteiger partial charge is 0.748 e. The van der Waals surface area contributed by atoms with E-state index in [9.17, 15) is 53.3 Å². The minimum absolute atomic E-state index is 0.0398. The van der Waals surface area contributed by atoms with Crippen LogP contribution in [0.2, 0.25) is 0 Å². The molecule has 21 nitrogen and oxygen atoms in total. The zero-order valence-corrected chi connectivity index (χ0v) is 41.2. The van der Waals surface area contributed by atoms with Crippen LogP contribution in [0.3, 0.4) is 0 Å². The van der Waals surface area contributed by atoms with E-state index in [1.807, 2.05) is 16.4 Å². The molecule has 2 unspecified atom stereocenters. The second-order valence-electron chi connectivity index (χ2n) is 16.6. The summed E-state index contributed by atoms with van der Waals surface area (Å²) < 4.78 is 138. The van der Waals surface area contributed by atoms with Crippen molar-refractivity contribution in [1.29, 1.82) is 0 Å². The summed E-state index contributed by atoms with van der Waals surface area (Å²) in [6, 6.07) is 8.05. The van der Waals surface area contributed by atoms with E-state index >= 15 is 0 Å². The molecule has 24 heteroatoms. The molecule has 2 atom stereocenters. The van der Waals surface area contributed by atoms with Gasteiger partial charge in [-0.1, -0.05) is 18.2 Å². The molecule has 0 saturated carbocycles. The molecule has 5 rings (SSSR count). The molecule has 3 aliphatic rings. The molecular weight excluding hydrogens is 967 g/mol. The third kappa shape index (κ3) is 14.2. The first-order valence-corrected chi connectivity index (χ1v) is 26.3. The lowest BCUT2D eigenvalue weighted by Crippen LogP contribution is -2.33. The third-order valence-corrected chi connectivity index (χ3v) is 14.4. The van der Waals surface area contributed by atoms with Gasteiger partial charge in [-0.05, 0) is 75.1 Å². The fraction of sp³-hybridized carbons (Fsp3) is 0.511. The first-order valence-electron chi connectivity index (χ1n) is 22.0. The monoisotopic (exact) mass is 1020 g/mol. The highest BCUT2D eigenvalue weighted by Gasteiger charge is 2.48. The number of ether oxygens (including phenoxy) is 5. The maximum atomic E-state index is 12.4. The van der Waals surface area contributed by atoms with Crippen molar-refractivity contribution in [3.8, 4) is 0 Å². The van der Waals surface area contributed by atoms with Gasteiger partial charge in [-0.3, -0.25) is 9.59 Å². The van der Waals surface area contributed by atoms with Gasteiger partial charge in [0.15, 0.2) is 12.3 Å². The molecule has 0 aliphatic carbocycles. The fourth-order valence-corrected chi connectivity index (χ4v) is 9.98. The Bertz CT molecular complexity index is 2670. The van der Waals surface area contributed by atoms with Crippen molar-refractivity contribution in [2.75, 3.05) is 90.8 Å². The number of nitrogens with zero attached hydrogens (tertiary/aromatic N) is 3. The minimum Gasteiger partial charge on any atom is -0.748 e. The van der Waals surface area contributed by atoms with E-state index in [1.165, 1.54) is 43.5 Å². The van der Waals surface area contributed by atoms with Crippen LogP contribution >= 0.6 is 0 Å². The van der Waals surface area contributed by atoms with E-state index in [0.717, 1.165) is 0 Å². The van der Waals surface area contributed by atoms with Crippen LogP contribution in [0.25, 0.3) is 0 Å². The molecule has 3 heterocycles. The second kappa shape index (κ2) is 23.9. The first kappa shape index (κ1) is 55.2. The average Bonchev–Trinajstić information content (AvgIpc) is 3.81. The number of carbonyl (C=O) groups is 3. The highest BCUT2D eigenvalue weighted by atomic mass is 32.2. The van der Waals surface area contributed by atoms with Crippen molar-refractivity contribution in [3.63, 3.8) is 0 Å². The smallest absolute Gasteiger partial charge is 0.335 e. The van der Waals surface area contributed by atoms with E-state index in [1.54, 1.807) is 44.4 Å². The number of hydrogen-bond donors (Lipinski definition) is 0. The summed E-state index contributed by atoms with van der Waals surface area (Å²) in [6.45, 7) is 5.74. The SMILES string of the molecule is COCCOCCOCC[N+]1=C(/C=C/C=C/C=C2/N(CCOCCC(=O)ON3C(=O)CCC3=O)c3ccc(S(=O)(=O)[O-])cc3C2(C)CCOC)C(C)(CCCS(=O)(=O)[O-])c2cc(S(=O)(=O)[O-])ccc21. The number of amides is 2. The second-order valence-corrected chi connectivity index (χ2v) is 20.9. The highest BCUT2D eigenvalue weighted by molar-refractivity contribution is 7.86. The van der Waals surface area contributed by atoms with Crippen LogP contribution in [0, 0.1) is 0 Å². The van der Waals surface area contributed by atoms with Crippen LogP contribution < -0.4 is 4.90 Å². The summed E-state index contributed by atoms with van der Waals surface area (Å²) in [4.78, 5) is 42.0. The first-order chi connectivity index (χ1) is 32.5. The van der Waals surface area contributed by atoms with E-state index in [2.05, 4.69) is 0 Å². The van der Waals surface area contributed by atoms with E-state index in [0.29, 0.717) is 65.2 Å². The summed E-state index contributed by atoms with van der Waals surface area (Å²) in [7, 11) is -11.3. The summed E-state index contributed by atoms with van der Waals surface area (Å²) in [5.74, 6) is -2.75. The number of fused-ring (bicyclic) bond motifs is 2. The molecule has 0 spiro atoms. The molecule has 0 aromatic heterocycles. The predicted octanol–water partition coefficient (Wildman–Crippen LogP) is 2.68. The number of rotatable bonds is 28. The van der Waals surface area contributed by atoms with Gasteiger partial charge in [0.05, 0.1) is 71.4 Å². The van der Waals surface area contributed by atoms with Crippen LogP contribution in [0.5, 0.6) is 0 Å². The van der Waals surface area contributed by atoms with Crippen molar-refractivity contribution < 1.29 is 86.4 Å². The van der Waals surface area contributed by atoms with Gasteiger partial charge < -0.3 is 47.1 Å². The Hall–Kier alpha value is -4.73. The zero-order chi connectivity index (χ0) is 50.6. The van der Waals surface area contributed by atoms with Crippen molar-refractivity contribution in [2.45, 2.75) is 73.0 Å². The molecule has 0 bridgehead atoms. The summed E-state index contributed by atoms with van der Waals surface area (Å²) in [5, 5.41) is 0.451. The molecule has 1 fully saturated rings. The summed E-state index contributed by atoms with van der Waals surface area (Å²) in [6.07, 6.45) is 8.65. The van der Waals surface area contributed by atoms with E-state index in [4.69, 9.17) is 28.5 Å². The Kier molecular flexibility index (Phi) is 19.1. The Morgan fingerprint density at radius 1 is 0.725 bits per heavy atom. The van der Waals surface area contributed by atoms with Gasteiger partial charge in [-0.25, -0.2) is 30.0 Å². The number of carbonyl (C=O) groups excluding carboxylic acids is 3. The Morgan fingerprint density at radius 3 is 1.97 bits per heavy atom. The van der Waals surface area contributed by atoms with Crippen molar-refractivity contribution >= 4 is 65.2 Å². The molecule has 2 aromatic rings. The van der Waals surface area contributed by atoms with Gasteiger partial charge in [0.1, 0.15) is 26.8 Å². The maximum Gasteiger partial charge on any atom is 0.335 e. The Balaban J connectivity index is 1.47. The quantitative estimate of drug-likeness (QED) is 0.0389. The number of hydroxylamine groups is 2. The molecule has 1 saturated heterocycles. The number of benzene rings is 2. The summed E-state index contributed by atoms with van der Waals surface area (Å²) >= 11 is 0. The third-order valence-electron chi connectivity index (χ3n) is 12.0. The number of anilines is 1. The lowest BCUT2D eigenvalue weighted by molar-refractivity contribution is -0.442. The number of allylic oxidation sites excluding steroid dienone is 6. The molecule has 0 N–H and O–H groups in total. The number of methoxy groups -OCH3 is 2. The van der Waals surface area contributed by atoms with Crippen LogP contribution in [0.4, 0.5) is 11.4 Å². The van der Waals surface area contributed by atoms with E-state index < -0.39 is 74.5 Å². The Morgan fingerprint density at radius 2 is 1.33 bits per heavy atom. The fourth-order valence-electron chi connectivity index (χ4n) is 8.49. The number of imide groups is 1. The van der Waals surface area contributed by atoms with Gasteiger partial charge in [-0.2, -0.15) is 4.58 Å². The lowest BCUT2D eigenvalue weighted by atomic mass is 9.76. The highest BCUT2D eigenvalue weighted by Crippen LogP contribution is 2.51.